The zero-order valence-electron chi connectivity index (χ0n) is 16.3. The molecule has 1 aliphatic heterocycles. The Morgan fingerprint density at radius 2 is 1.57 bits per heavy atom. The van der Waals surface area contributed by atoms with Crippen LogP contribution in [-0.2, 0) is 11.3 Å². The molecule has 5 nitrogen and oxygen atoms in total. The molecule has 146 valence electrons. The zero-order chi connectivity index (χ0) is 21.1. The van der Waals surface area contributed by atoms with Gasteiger partial charge in [-0.15, -0.1) is 0 Å². The van der Waals surface area contributed by atoms with E-state index in [9.17, 15) is 9.59 Å². The molecule has 0 atom stereocenters. The lowest BCUT2D eigenvalue weighted by atomic mass is 9.91. The molecule has 3 aromatic carbocycles. The quantitative estimate of drug-likeness (QED) is 0.489. The van der Waals surface area contributed by atoms with Crippen LogP contribution in [0.5, 0.6) is 5.75 Å². The van der Waals surface area contributed by atoms with E-state index >= 15 is 0 Å². The van der Waals surface area contributed by atoms with E-state index < -0.39 is 0 Å². The van der Waals surface area contributed by atoms with Crippen LogP contribution in [0.3, 0.4) is 0 Å². The van der Waals surface area contributed by atoms with E-state index in [1.165, 1.54) is 4.90 Å². The fourth-order valence-electron chi connectivity index (χ4n) is 3.42. The third-order valence-corrected chi connectivity index (χ3v) is 5.02. The number of hydrogen-bond acceptors (Lipinski definition) is 4. The van der Waals surface area contributed by atoms with Gasteiger partial charge in [-0.25, -0.2) is 0 Å². The Morgan fingerprint density at radius 3 is 2.20 bits per heavy atom. The summed E-state index contributed by atoms with van der Waals surface area (Å²) in [4.78, 5) is 27.6. The molecule has 0 N–H and O–H groups in total. The first kappa shape index (κ1) is 19.2. The fraction of sp³-hybridized carbons (Fsp3) is 0.0800. The molecule has 0 aromatic heterocycles. The number of rotatable bonds is 4. The third kappa shape index (κ3) is 3.59. The van der Waals surface area contributed by atoms with Gasteiger partial charge in [0.05, 0.1) is 25.3 Å². The number of amides is 2. The molecule has 2 amide bonds. The second kappa shape index (κ2) is 8.06. The van der Waals surface area contributed by atoms with Crippen molar-refractivity contribution >= 4 is 23.5 Å². The van der Waals surface area contributed by atoms with Gasteiger partial charge in [-0.2, -0.15) is 5.26 Å². The molecule has 0 aliphatic carbocycles. The van der Waals surface area contributed by atoms with Crippen LogP contribution in [0.25, 0.3) is 11.6 Å². The minimum absolute atomic E-state index is 0.167. The van der Waals surface area contributed by atoms with Crippen molar-refractivity contribution in [2.24, 2.45) is 0 Å². The number of ether oxygens (including phenoxy) is 1. The van der Waals surface area contributed by atoms with Crippen LogP contribution in [0.15, 0.2) is 72.8 Å². The summed E-state index contributed by atoms with van der Waals surface area (Å²) in [6.07, 6.45) is 1.76. The van der Waals surface area contributed by atoms with Gasteiger partial charge in [0.15, 0.2) is 0 Å². The van der Waals surface area contributed by atoms with Crippen molar-refractivity contribution in [3.63, 3.8) is 0 Å². The Morgan fingerprint density at radius 1 is 0.900 bits per heavy atom. The molecular weight excluding hydrogens is 376 g/mol. The zero-order valence-corrected chi connectivity index (χ0v) is 16.3. The monoisotopic (exact) mass is 394 g/mol. The van der Waals surface area contributed by atoms with Crippen molar-refractivity contribution in [3.05, 3.63) is 101 Å². The molecule has 1 aliphatic rings. The molecule has 30 heavy (non-hydrogen) atoms. The number of methoxy groups -OCH3 is 1. The molecule has 3 aromatic rings. The second-order valence-corrected chi connectivity index (χ2v) is 6.88. The van der Waals surface area contributed by atoms with Crippen LogP contribution in [0.4, 0.5) is 0 Å². The predicted octanol–water partition coefficient (Wildman–Crippen LogP) is 4.29. The topological polar surface area (TPSA) is 70.4 Å². The molecule has 0 unspecified atom stereocenters. The lowest BCUT2D eigenvalue weighted by Gasteiger charge is -2.28. The molecule has 0 saturated carbocycles. The Kier molecular flexibility index (Phi) is 5.15. The maximum absolute atomic E-state index is 13.3. The second-order valence-electron chi connectivity index (χ2n) is 6.88. The van der Waals surface area contributed by atoms with Crippen LogP contribution in [0, 0.1) is 11.3 Å². The van der Waals surface area contributed by atoms with Gasteiger partial charge in [0.1, 0.15) is 5.75 Å². The SMILES string of the molecule is COc1ccc(CN2C(=O)/C(=C/c3ccc(C#N)cc3)c3ccccc3C2=O)cc1. The minimum Gasteiger partial charge on any atom is -0.497 e. The first-order valence-electron chi connectivity index (χ1n) is 9.41. The molecule has 0 saturated heterocycles. The van der Waals surface area contributed by atoms with E-state index in [0.29, 0.717) is 28.0 Å². The summed E-state index contributed by atoms with van der Waals surface area (Å²) in [5.41, 5.74) is 3.71. The summed E-state index contributed by atoms with van der Waals surface area (Å²) < 4.78 is 5.17. The number of hydrogen-bond donors (Lipinski definition) is 0. The normalized spacial score (nSPS) is 14.4. The number of carbonyl (C=O) groups is 2. The molecule has 0 spiro atoms. The van der Waals surface area contributed by atoms with Crippen LogP contribution in [-0.4, -0.2) is 23.8 Å². The van der Waals surface area contributed by atoms with Gasteiger partial charge in [0.2, 0.25) is 0 Å². The van der Waals surface area contributed by atoms with E-state index in [4.69, 9.17) is 10.00 Å². The van der Waals surface area contributed by atoms with E-state index in [1.807, 2.05) is 18.2 Å². The first-order chi connectivity index (χ1) is 14.6. The van der Waals surface area contributed by atoms with Crippen molar-refractivity contribution in [2.75, 3.05) is 7.11 Å². The highest BCUT2D eigenvalue weighted by atomic mass is 16.5. The molecule has 0 fully saturated rings. The van der Waals surface area contributed by atoms with Gasteiger partial charge in [0, 0.05) is 11.1 Å². The number of imide groups is 1. The number of carbonyl (C=O) groups excluding carboxylic acids is 2. The smallest absolute Gasteiger partial charge is 0.261 e. The van der Waals surface area contributed by atoms with Gasteiger partial charge in [0.25, 0.3) is 11.8 Å². The van der Waals surface area contributed by atoms with Crippen LogP contribution >= 0.6 is 0 Å². The number of fused-ring (bicyclic) bond motifs is 1. The largest absolute Gasteiger partial charge is 0.497 e. The lowest BCUT2D eigenvalue weighted by Crippen LogP contribution is -2.41. The van der Waals surface area contributed by atoms with Crippen LogP contribution < -0.4 is 4.74 Å². The van der Waals surface area contributed by atoms with Gasteiger partial charge in [-0.1, -0.05) is 42.5 Å². The number of nitrogens with zero attached hydrogens (tertiary/aromatic N) is 2. The maximum Gasteiger partial charge on any atom is 0.261 e. The molecule has 0 bridgehead atoms. The minimum atomic E-state index is -0.348. The summed E-state index contributed by atoms with van der Waals surface area (Å²) in [6.45, 7) is 0.167. The summed E-state index contributed by atoms with van der Waals surface area (Å²) in [5.74, 6) is 0.0454. The average molecular weight is 394 g/mol. The van der Waals surface area contributed by atoms with Crippen molar-refractivity contribution in [1.82, 2.24) is 4.90 Å². The van der Waals surface area contributed by atoms with Crippen molar-refractivity contribution < 1.29 is 14.3 Å². The van der Waals surface area contributed by atoms with E-state index in [1.54, 1.807) is 67.8 Å². The molecule has 1 heterocycles. The Labute approximate surface area is 174 Å². The van der Waals surface area contributed by atoms with Crippen molar-refractivity contribution in [1.29, 1.82) is 5.26 Å². The van der Waals surface area contributed by atoms with Gasteiger partial charge >= 0.3 is 0 Å². The van der Waals surface area contributed by atoms with Gasteiger partial charge in [-0.3, -0.25) is 14.5 Å². The standard InChI is InChI=1S/C25H18N2O3/c1-30-20-12-10-19(11-13-20)16-27-24(28)22-5-3-2-4-21(22)23(25(27)29)14-17-6-8-18(15-26)9-7-17/h2-14H,16H2,1H3/b23-14+. The summed E-state index contributed by atoms with van der Waals surface area (Å²) in [5, 5.41) is 8.99. The molecule has 4 rings (SSSR count). The van der Waals surface area contributed by atoms with Crippen LogP contribution in [0.1, 0.15) is 32.6 Å². The Bertz CT molecular complexity index is 1190. The molecular formula is C25H18N2O3. The lowest BCUT2D eigenvalue weighted by molar-refractivity contribution is -0.123. The van der Waals surface area contributed by atoms with Crippen LogP contribution in [0.2, 0.25) is 0 Å². The Hall–Kier alpha value is -4.17. The average Bonchev–Trinajstić information content (AvgIpc) is 2.80. The summed E-state index contributed by atoms with van der Waals surface area (Å²) in [6, 6.07) is 23.4. The number of benzene rings is 3. The first-order valence-corrected chi connectivity index (χ1v) is 9.41. The highest BCUT2D eigenvalue weighted by molar-refractivity contribution is 6.33. The van der Waals surface area contributed by atoms with Gasteiger partial charge < -0.3 is 4.74 Å². The summed E-state index contributed by atoms with van der Waals surface area (Å²) >= 11 is 0. The fourth-order valence-corrected chi connectivity index (χ4v) is 3.42. The van der Waals surface area contributed by atoms with E-state index in [-0.39, 0.29) is 18.4 Å². The van der Waals surface area contributed by atoms with E-state index in [0.717, 1.165) is 11.1 Å². The maximum atomic E-state index is 13.3. The van der Waals surface area contributed by atoms with Crippen molar-refractivity contribution in [3.8, 4) is 11.8 Å². The molecule has 5 heteroatoms. The Balaban J connectivity index is 1.74. The van der Waals surface area contributed by atoms with E-state index in [2.05, 4.69) is 6.07 Å². The van der Waals surface area contributed by atoms with Gasteiger partial charge in [-0.05, 0) is 53.1 Å². The van der Waals surface area contributed by atoms with Crippen molar-refractivity contribution in [2.45, 2.75) is 6.54 Å². The molecule has 0 radical (unpaired) electrons. The highest BCUT2D eigenvalue weighted by Gasteiger charge is 2.34. The predicted molar refractivity (Wildman–Crippen MR) is 113 cm³/mol. The highest BCUT2D eigenvalue weighted by Crippen LogP contribution is 2.31. The summed E-state index contributed by atoms with van der Waals surface area (Å²) in [7, 11) is 1.59. The number of nitriles is 1. The third-order valence-electron chi connectivity index (χ3n) is 5.02.